The van der Waals surface area contributed by atoms with Crippen LogP contribution in [0.5, 0.6) is 0 Å². The van der Waals surface area contributed by atoms with Gasteiger partial charge in [-0.3, -0.25) is 0 Å². The third-order valence-electron chi connectivity index (χ3n) is 2.70. The topological polar surface area (TPSA) is 122 Å². The van der Waals surface area contributed by atoms with E-state index in [0.29, 0.717) is 78.3 Å². The summed E-state index contributed by atoms with van der Waals surface area (Å²) in [4.78, 5) is 0. The number of hydrazine groups is 1. The van der Waals surface area contributed by atoms with E-state index in [0.717, 1.165) is 0 Å². The first kappa shape index (κ1) is 27.3. The van der Waals surface area contributed by atoms with Crippen molar-refractivity contribution in [2.75, 3.05) is 79.2 Å². The zero-order chi connectivity index (χ0) is 19.9. The van der Waals surface area contributed by atoms with Crippen LogP contribution in [0.1, 0.15) is 20.8 Å². The smallest absolute Gasteiger partial charge is 0.0840 e. The van der Waals surface area contributed by atoms with Crippen molar-refractivity contribution in [1.82, 2.24) is 5.01 Å². The summed E-state index contributed by atoms with van der Waals surface area (Å²) in [5.74, 6) is 5.63. The highest BCUT2D eigenvalue weighted by Gasteiger charge is 1.96. The molecule has 26 heavy (non-hydrogen) atoms. The maximum absolute atomic E-state index is 8.74. The lowest BCUT2D eigenvalue weighted by molar-refractivity contribution is -0.0109. The number of nitrogens with two attached hydrogens (primary N) is 2. The quantitative estimate of drug-likeness (QED) is 0.172. The molecule has 0 fully saturated rings. The molecule has 9 heteroatoms. The van der Waals surface area contributed by atoms with Crippen LogP contribution < -0.4 is 11.6 Å². The summed E-state index contributed by atoms with van der Waals surface area (Å²) in [7, 11) is 0. The van der Waals surface area contributed by atoms with Gasteiger partial charge in [-0.2, -0.15) is 0 Å². The van der Waals surface area contributed by atoms with E-state index < -0.39 is 0 Å². The van der Waals surface area contributed by atoms with Gasteiger partial charge in [0.25, 0.3) is 0 Å². The highest BCUT2D eigenvalue weighted by atomic mass is 16.6. The summed E-state index contributed by atoms with van der Waals surface area (Å²) in [6.45, 7) is 11.7. The molecule has 0 aromatic rings. The Morgan fingerprint density at radius 2 is 1.19 bits per heavy atom. The molecule has 0 spiro atoms. The summed E-state index contributed by atoms with van der Waals surface area (Å²) in [5.41, 5.74) is 5.74. The summed E-state index contributed by atoms with van der Waals surface area (Å²) < 4.78 is 26.5. The van der Waals surface area contributed by atoms with Crippen LogP contribution in [0.4, 0.5) is 0 Å². The van der Waals surface area contributed by atoms with Crippen LogP contribution in [-0.4, -0.2) is 89.3 Å². The first-order valence-electron chi connectivity index (χ1n) is 9.17. The molecule has 0 unspecified atom stereocenters. The molecule has 5 N–H and O–H groups in total. The largest absolute Gasteiger partial charge is 0.399 e. The van der Waals surface area contributed by atoms with Gasteiger partial charge in [-0.25, -0.2) is 5.84 Å². The van der Waals surface area contributed by atoms with Crippen LogP contribution in [0.3, 0.4) is 0 Å². The SMILES string of the molecule is CC.CCOCCOCCOCCOCCOCCN(N)/C=C(\N)CO. The average Bonchev–Trinajstić information content (AvgIpc) is 2.66. The molecule has 0 aliphatic carbocycles. The fourth-order valence-corrected chi connectivity index (χ4v) is 1.51. The van der Waals surface area contributed by atoms with Crippen LogP contribution in [0.15, 0.2) is 11.9 Å². The second-order valence-electron chi connectivity index (χ2n) is 4.75. The van der Waals surface area contributed by atoms with E-state index in [1.807, 2.05) is 20.8 Å². The van der Waals surface area contributed by atoms with Crippen molar-refractivity contribution in [2.24, 2.45) is 11.6 Å². The number of aliphatic hydroxyl groups is 1. The van der Waals surface area contributed by atoms with Crippen molar-refractivity contribution in [1.29, 1.82) is 0 Å². The van der Waals surface area contributed by atoms with Crippen molar-refractivity contribution >= 4 is 0 Å². The van der Waals surface area contributed by atoms with E-state index in [2.05, 4.69) is 0 Å². The number of hydrogen-bond acceptors (Lipinski definition) is 9. The van der Waals surface area contributed by atoms with Gasteiger partial charge in [-0.05, 0) is 6.92 Å². The van der Waals surface area contributed by atoms with Crippen molar-refractivity contribution in [2.45, 2.75) is 20.8 Å². The molecule has 0 amide bonds. The van der Waals surface area contributed by atoms with Gasteiger partial charge in [0.2, 0.25) is 0 Å². The average molecular weight is 382 g/mol. The molecule has 0 saturated carbocycles. The predicted molar refractivity (Wildman–Crippen MR) is 101 cm³/mol. The van der Waals surface area contributed by atoms with Gasteiger partial charge in [0.1, 0.15) is 0 Å². The maximum Gasteiger partial charge on any atom is 0.0840 e. The summed E-state index contributed by atoms with van der Waals surface area (Å²) in [5, 5.41) is 10.1. The fourth-order valence-electron chi connectivity index (χ4n) is 1.51. The Bertz CT molecular complexity index is 296. The van der Waals surface area contributed by atoms with Gasteiger partial charge >= 0.3 is 0 Å². The molecule has 0 aliphatic rings. The Hall–Kier alpha value is -0.940. The molecule has 0 rings (SSSR count). The minimum absolute atomic E-state index is 0.218. The Labute approximate surface area is 158 Å². The van der Waals surface area contributed by atoms with Crippen molar-refractivity contribution in [3.63, 3.8) is 0 Å². The van der Waals surface area contributed by atoms with Gasteiger partial charge < -0.3 is 39.5 Å². The predicted octanol–water partition coefficient (Wildman–Crippen LogP) is 0.0836. The molecule has 0 bridgehead atoms. The Morgan fingerprint density at radius 1 is 0.808 bits per heavy atom. The van der Waals surface area contributed by atoms with Gasteiger partial charge in [0.15, 0.2) is 0 Å². The van der Waals surface area contributed by atoms with Gasteiger partial charge in [0, 0.05) is 12.8 Å². The number of hydrogen-bond donors (Lipinski definition) is 3. The molecule has 0 aliphatic heterocycles. The highest BCUT2D eigenvalue weighted by molar-refractivity contribution is 4.94. The molecule has 9 nitrogen and oxygen atoms in total. The third kappa shape index (κ3) is 23.1. The second-order valence-corrected chi connectivity index (χ2v) is 4.75. The zero-order valence-electron chi connectivity index (χ0n) is 16.7. The lowest BCUT2D eigenvalue weighted by Crippen LogP contribution is -2.30. The zero-order valence-corrected chi connectivity index (χ0v) is 16.7. The Kier molecular flexibility index (Phi) is 25.2. The van der Waals surface area contributed by atoms with Crippen LogP contribution >= 0.6 is 0 Å². The van der Waals surface area contributed by atoms with E-state index in [-0.39, 0.29) is 6.61 Å². The van der Waals surface area contributed by atoms with Crippen molar-refractivity contribution in [3.05, 3.63) is 11.9 Å². The lowest BCUT2D eigenvalue weighted by atomic mass is 10.5. The number of ether oxygens (including phenoxy) is 5. The van der Waals surface area contributed by atoms with Crippen LogP contribution in [0.25, 0.3) is 0 Å². The molecular weight excluding hydrogens is 342 g/mol. The van der Waals surface area contributed by atoms with E-state index in [1.165, 1.54) is 11.2 Å². The standard InChI is InChI=1S/C15H33N3O6.C2H6/c1-2-20-5-6-22-9-10-24-12-11-23-8-7-21-4-3-18(17)13-15(16)14-19;1-2/h13,19H,2-12,14,16-17H2,1H3;1-2H3/b15-13-;. The first-order valence-corrected chi connectivity index (χ1v) is 9.17. The first-order chi connectivity index (χ1) is 12.7. The minimum Gasteiger partial charge on any atom is -0.399 e. The summed E-state index contributed by atoms with van der Waals surface area (Å²) in [6, 6.07) is 0. The number of aliphatic hydroxyl groups excluding tert-OH is 1. The fraction of sp³-hybridized carbons (Fsp3) is 0.882. The van der Waals surface area contributed by atoms with E-state index in [4.69, 9.17) is 40.4 Å². The molecule has 0 saturated heterocycles. The normalized spacial score (nSPS) is 11.2. The third-order valence-corrected chi connectivity index (χ3v) is 2.70. The monoisotopic (exact) mass is 381 g/mol. The second kappa shape index (κ2) is 24.1. The van der Waals surface area contributed by atoms with Crippen LogP contribution in [0, 0.1) is 0 Å². The van der Waals surface area contributed by atoms with Gasteiger partial charge in [-0.15, -0.1) is 0 Å². The van der Waals surface area contributed by atoms with E-state index >= 15 is 0 Å². The Balaban J connectivity index is 0. The molecule has 0 aromatic carbocycles. The highest BCUT2D eigenvalue weighted by Crippen LogP contribution is 1.87. The molecule has 158 valence electrons. The van der Waals surface area contributed by atoms with Gasteiger partial charge in [-0.1, -0.05) is 13.8 Å². The van der Waals surface area contributed by atoms with E-state index in [9.17, 15) is 0 Å². The summed E-state index contributed by atoms with van der Waals surface area (Å²) >= 11 is 0. The molecular formula is C17H39N3O6. The lowest BCUT2D eigenvalue weighted by Gasteiger charge is -2.14. The maximum atomic E-state index is 8.74. The van der Waals surface area contributed by atoms with E-state index in [1.54, 1.807) is 0 Å². The van der Waals surface area contributed by atoms with Gasteiger partial charge in [0.05, 0.1) is 78.3 Å². The minimum atomic E-state index is -0.218. The molecule has 0 atom stereocenters. The van der Waals surface area contributed by atoms with Crippen molar-refractivity contribution < 1.29 is 28.8 Å². The van der Waals surface area contributed by atoms with Crippen molar-refractivity contribution in [3.8, 4) is 0 Å². The molecule has 0 aromatic heterocycles. The van der Waals surface area contributed by atoms with Crippen LogP contribution in [-0.2, 0) is 23.7 Å². The molecule has 0 radical (unpaired) electrons. The number of rotatable bonds is 18. The van der Waals surface area contributed by atoms with Crippen LogP contribution in [0.2, 0.25) is 0 Å². The number of nitrogens with zero attached hydrogens (tertiary/aromatic N) is 1. The Morgan fingerprint density at radius 3 is 1.58 bits per heavy atom. The molecule has 0 heterocycles. The summed E-state index contributed by atoms with van der Waals surface area (Å²) in [6.07, 6.45) is 1.47.